The molecule has 2 amide bonds. The summed E-state index contributed by atoms with van der Waals surface area (Å²) < 4.78 is 8.94. The summed E-state index contributed by atoms with van der Waals surface area (Å²) in [7, 11) is 0. The van der Waals surface area contributed by atoms with Crippen LogP contribution in [0.5, 0.6) is 5.75 Å². The smallest absolute Gasteiger partial charge is 0.356 e. The van der Waals surface area contributed by atoms with Gasteiger partial charge in [-0.25, -0.2) is 4.79 Å². The molecule has 0 radical (unpaired) electrons. The molecule has 3 rings (SSSR count). The molecule has 3 aromatic rings. The highest BCUT2D eigenvalue weighted by Gasteiger charge is 2.06. The van der Waals surface area contributed by atoms with Gasteiger partial charge >= 0.3 is 6.03 Å². The SMILES string of the molecule is O=C(N=S)Nc1ccccc1OCCCCCNC(=S)Nc1ccc2ccccc2c1. The first-order valence-electron chi connectivity index (χ1n) is 10.1. The molecule has 0 atom stereocenters. The molecular formula is C23H24N4O2S2. The van der Waals surface area contributed by atoms with Crippen LogP contribution in [0, 0.1) is 0 Å². The van der Waals surface area contributed by atoms with Crippen LogP contribution in [0.25, 0.3) is 10.8 Å². The van der Waals surface area contributed by atoms with Crippen molar-refractivity contribution in [3.63, 3.8) is 0 Å². The molecule has 0 fully saturated rings. The zero-order chi connectivity index (χ0) is 21.9. The van der Waals surface area contributed by atoms with Crippen LogP contribution >= 0.6 is 12.2 Å². The number of benzene rings is 3. The molecular weight excluding hydrogens is 428 g/mol. The molecule has 6 nitrogen and oxygen atoms in total. The Hall–Kier alpha value is -3.10. The minimum Gasteiger partial charge on any atom is -0.491 e. The third-order valence-corrected chi connectivity index (χ3v) is 5.00. The van der Waals surface area contributed by atoms with Crippen molar-refractivity contribution in [3.05, 3.63) is 66.7 Å². The Labute approximate surface area is 192 Å². The van der Waals surface area contributed by atoms with Crippen molar-refractivity contribution in [1.29, 1.82) is 0 Å². The van der Waals surface area contributed by atoms with E-state index >= 15 is 0 Å². The normalized spacial score (nSPS) is 10.3. The maximum atomic E-state index is 11.3. The van der Waals surface area contributed by atoms with E-state index in [1.165, 1.54) is 10.8 Å². The highest BCUT2D eigenvalue weighted by Crippen LogP contribution is 2.24. The Morgan fingerprint density at radius 2 is 1.68 bits per heavy atom. The van der Waals surface area contributed by atoms with Gasteiger partial charge in [0.25, 0.3) is 0 Å². The summed E-state index contributed by atoms with van der Waals surface area (Å²) in [5.74, 6) is 0.605. The number of carbonyl (C=O) groups is 1. The van der Waals surface area contributed by atoms with Gasteiger partial charge in [-0.1, -0.05) is 42.5 Å². The van der Waals surface area contributed by atoms with Gasteiger partial charge in [0, 0.05) is 24.7 Å². The Kier molecular flexibility index (Phi) is 8.69. The Balaban J connectivity index is 1.32. The van der Waals surface area contributed by atoms with Gasteiger partial charge in [0.05, 0.1) is 12.3 Å². The van der Waals surface area contributed by atoms with E-state index in [9.17, 15) is 4.79 Å². The molecule has 0 aliphatic rings. The summed E-state index contributed by atoms with van der Waals surface area (Å²) in [6.07, 6.45) is 2.85. The summed E-state index contributed by atoms with van der Waals surface area (Å²) in [5, 5.41) is 12.1. The molecule has 3 N–H and O–H groups in total. The fourth-order valence-electron chi connectivity index (χ4n) is 3.06. The second-order valence-electron chi connectivity index (χ2n) is 6.87. The number of nitrogens with zero attached hydrogens (tertiary/aromatic N) is 1. The number of thiocarbonyl (C=S) groups is 1. The molecule has 8 heteroatoms. The van der Waals surface area contributed by atoms with E-state index in [1.54, 1.807) is 12.1 Å². The maximum absolute atomic E-state index is 11.3. The highest BCUT2D eigenvalue weighted by molar-refractivity contribution is 7.80. The van der Waals surface area contributed by atoms with E-state index in [-0.39, 0.29) is 0 Å². The molecule has 0 aromatic heterocycles. The summed E-state index contributed by atoms with van der Waals surface area (Å²) >= 11 is 9.78. The number of ether oxygens (including phenoxy) is 1. The predicted molar refractivity (Wildman–Crippen MR) is 133 cm³/mol. The van der Waals surface area contributed by atoms with Gasteiger partial charge < -0.3 is 20.7 Å². The highest BCUT2D eigenvalue weighted by atomic mass is 32.1. The topological polar surface area (TPSA) is 74.8 Å². The zero-order valence-electron chi connectivity index (χ0n) is 17.0. The molecule has 0 spiro atoms. The summed E-state index contributed by atoms with van der Waals surface area (Å²) in [4.78, 5) is 11.3. The fraction of sp³-hybridized carbons (Fsp3) is 0.217. The largest absolute Gasteiger partial charge is 0.491 e. The zero-order valence-corrected chi connectivity index (χ0v) is 18.6. The first-order valence-corrected chi connectivity index (χ1v) is 10.8. The molecule has 0 heterocycles. The van der Waals surface area contributed by atoms with Gasteiger partial charge in [-0.15, -0.1) is 4.36 Å². The first kappa shape index (κ1) is 22.6. The molecule has 0 bridgehead atoms. The Bertz CT molecular complexity index is 1060. The molecule has 31 heavy (non-hydrogen) atoms. The number of urea groups is 1. The first-order chi connectivity index (χ1) is 15.2. The van der Waals surface area contributed by atoms with E-state index < -0.39 is 6.03 Å². The fourth-order valence-corrected chi connectivity index (χ4v) is 3.33. The monoisotopic (exact) mass is 452 g/mol. The van der Waals surface area contributed by atoms with Gasteiger partial charge in [-0.2, -0.15) is 0 Å². The Morgan fingerprint density at radius 3 is 2.52 bits per heavy atom. The van der Waals surface area contributed by atoms with Crippen LogP contribution in [0.1, 0.15) is 19.3 Å². The number of unbranched alkanes of at least 4 members (excludes halogenated alkanes) is 2. The van der Waals surface area contributed by atoms with Crippen LogP contribution in [0.2, 0.25) is 0 Å². The number of fused-ring (bicyclic) bond motifs is 1. The van der Waals surface area contributed by atoms with Crippen LogP contribution in [-0.4, -0.2) is 24.3 Å². The number of para-hydroxylation sites is 2. The van der Waals surface area contributed by atoms with Gasteiger partial charge in [0.15, 0.2) is 5.11 Å². The lowest BCUT2D eigenvalue weighted by atomic mass is 10.1. The minimum atomic E-state index is -0.578. The lowest BCUT2D eigenvalue weighted by Gasteiger charge is -2.12. The molecule has 3 aromatic carbocycles. The second kappa shape index (κ2) is 11.9. The number of hydrogen-bond donors (Lipinski definition) is 3. The van der Waals surface area contributed by atoms with Gasteiger partial charge in [-0.3, -0.25) is 0 Å². The number of rotatable bonds is 9. The van der Waals surface area contributed by atoms with Crippen molar-refractivity contribution in [3.8, 4) is 5.75 Å². The van der Waals surface area contributed by atoms with Gasteiger partial charge in [-0.05, 0) is 66.5 Å². The quantitative estimate of drug-likeness (QED) is 0.288. The molecule has 0 unspecified atom stereocenters. The molecule has 0 saturated carbocycles. The average Bonchev–Trinajstić information content (AvgIpc) is 2.79. The van der Waals surface area contributed by atoms with E-state index in [4.69, 9.17) is 17.0 Å². The predicted octanol–water partition coefficient (Wildman–Crippen LogP) is 5.64. The van der Waals surface area contributed by atoms with Crippen LogP contribution in [0.15, 0.2) is 71.1 Å². The van der Waals surface area contributed by atoms with Gasteiger partial charge in [0.1, 0.15) is 5.75 Å². The average molecular weight is 453 g/mol. The molecule has 0 aliphatic carbocycles. The molecule has 0 aliphatic heterocycles. The van der Waals surface area contributed by atoms with Crippen LogP contribution in [0.3, 0.4) is 0 Å². The third kappa shape index (κ3) is 7.27. The van der Waals surface area contributed by atoms with Crippen LogP contribution < -0.4 is 20.7 Å². The number of anilines is 2. The number of hydrogen-bond acceptors (Lipinski definition) is 4. The minimum absolute atomic E-state index is 0.553. The number of nitrogens with one attached hydrogen (secondary N) is 3. The number of amides is 2. The Morgan fingerprint density at radius 1 is 0.903 bits per heavy atom. The third-order valence-electron chi connectivity index (χ3n) is 4.58. The van der Waals surface area contributed by atoms with E-state index in [1.807, 2.05) is 30.3 Å². The molecule has 160 valence electrons. The van der Waals surface area contributed by atoms with Crippen molar-refractivity contribution in [2.24, 2.45) is 4.36 Å². The van der Waals surface area contributed by atoms with Crippen LogP contribution in [-0.2, 0) is 12.4 Å². The maximum Gasteiger partial charge on any atom is 0.356 e. The summed E-state index contributed by atoms with van der Waals surface area (Å²) in [6.45, 7) is 1.34. The molecule has 0 saturated heterocycles. The van der Waals surface area contributed by atoms with Crippen molar-refractivity contribution < 1.29 is 9.53 Å². The standard InChI is InChI=1S/C23H24N4O2S2/c28-22(27-31)26-20-10-4-5-11-21(20)29-15-7-1-6-14-24-23(30)25-19-13-12-17-8-2-3-9-18(17)16-19/h2-5,8-13,16H,1,6-7,14-15H2,(H,26,28)(H2,24,25,30). The lowest BCUT2D eigenvalue weighted by Crippen LogP contribution is -2.29. The lowest BCUT2D eigenvalue weighted by molar-refractivity contribution is 0.259. The van der Waals surface area contributed by atoms with E-state index in [0.29, 0.717) is 23.2 Å². The van der Waals surface area contributed by atoms with Crippen molar-refractivity contribution in [2.45, 2.75) is 19.3 Å². The second-order valence-corrected chi connectivity index (χ2v) is 7.46. The van der Waals surface area contributed by atoms with Gasteiger partial charge in [0.2, 0.25) is 0 Å². The van der Waals surface area contributed by atoms with Crippen molar-refractivity contribution >= 4 is 57.9 Å². The number of carbonyl (C=O) groups excluding carboxylic acids is 1. The van der Waals surface area contributed by atoms with Crippen molar-refractivity contribution in [2.75, 3.05) is 23.8 Å². The summed E-state index contributed by atoms with van der Waals surface area (Å²) in [6, 6.07) is 21.1. The van der Waals surface area contributed by atoms with E-state index in [2.05, 4.69) is 57.0 Å². The van der Waals surface area contributed by atoms with E-state index in [0.717, 1.165) is 31.5 Å². The van der Waals surface area contributed by atoms with Crippen molar-refractivity contribution in [1.82, 2.24) is 5.32 Å². The summed E-state index contributed by atoms with van der Waals surface area (Å²) in [5.41, 5.74) is 1.53. The van der Waals surface area contributed by atoms with Crippen LogP contribution in [0.4, 0.5) is 16.2 Å².